The minimum absolute atomic E-state index is 0.0434. The number of hydrogen-bond acceptors (Lipinski definition) is 4. The maximum Gasteiger partial charge on any atom is 0.418 e. The number of nitrogens with zero attached hydrogens (tertiary/aromatic N) is 3. The van der Waals surface area contributed by atoms with Crippen molar-refractivity contribution in [2.75, 3.05) is 15.9 Å². The molecule has 1 fully saturated rings. The van der Waals surface area contributed by atoms with Gasteiger partial charge in [-0.2, -0.15) is 13.2 Å². The first-order valence-corrected chi connectivity index (χ1v) is 14.6. The second-order valence-corrected chi connectivity index (χ2v) is 11.7. The molecule has 2 atom stereocenters. The molecule has 1 aliphatic heterocycles. The van der Waals surface area contributed by atoms with Crippen LogP contribution in [0.25, 0.3) is 5.69 Å². The van der Waals surface area contributed by atoms with E-state index in [1.165, 1.54) is 12.1 Å². The van der Waals surface area contributed by atoms with E-state index < -0.39 is 33.8 Å². The van der Waals surface area contributed by atoms with Gasteiger partial charge in [-0.05, 0) is 86.2 Å². The molecule has 5 rings (SSSR count). The van der Waals surface area contributed by atoms with Crippen molar-refractivity contribution in [3.05, 3.63) is 107 Å². The zero-order valence-electron chi connectivity index (χ0n) is 21.8. The summed E-state index contributed by atoms with van der Waals surface area (Å²) in [5.74, 6) is 0. The second kappa shape index (κ2) is 10.3. The molecule has 0 saturated carbocycles. The van der Waals surface area contributed by atoms with Crippen molar-refractivity contribution in [1.29, 1.82) is 0 Å². The second-order valence-electron chi connectivity index (χ2n) is 9.59. The van der Waals surface area contributed by atoms with E-state index >= 15 is 0 Å². The van der Waals surface area contributed by atoms with Crippen molar-refractivity contribution >= 4 is 38.7 Å². The number of alkyl halides is 3. The molecule has 1 aliphatic rings. The Morgan fingerprint density at radius 3 is 2.30 bits per heavy atom. The van der Waals surface area contributed by atoms with Crippen molar-refractivity contribution in [3.63, 3.8) is 0 Å². The number of aromatic nitrogens is 2. The van der Waals surface area contributed by atoms with Gasteiger partial charge < -0.3 is 14.8 Å². The predicted molar refractivity (Wildman–Crippen MR) is 153 cm³/mol. The Balaban J connectivity index is 1.66. The summed E-state index contributed by atoms with van der Waals surface area (Å²) in [6.45, 7) is 3.57. The standard InChI is InChI=1S/C28H26F3N5O2S2/c1-17-16-21(18(2)35(17)24-10-5-4-8-22(24)28(29,30)31)26-25(23-9-6-7-15-32-23)33-27(39)36(26)20-13-11-19(12-14-20)34-40(3,37)38/h4-16,25-26,34H,1-3H3,(H,33,39)/t25-,26+/m1/s1. The third-order valence-corrected chi connectivity index (χ3v) is 7.71. The third-order valence-electron chi connectivity index (χ3n) is 6.79. The lowest BCUT2D eigenvalue weighted by Crippen LogP contribution is -2.29. The molecule has 7 nitrogen and oxygen atoms in total. The number of benzene rings is 2. The highest BCUT2D eigenvalue weighted by Crippen LogP contribution is 2.44. The number of anilines is 2. The van der Waals surface area contributed by atoms with Crippen molar-refractivity contribution in [1.82, 2.24) is 14.9 Å². The van der Waals surface area contributed by atoms with Gasteiger partial charge in [-0.15, -0.1) is 0 Å². The maximum atomic E-state index is 14.0. The van der Waals surface area contributed by atoms with Crippen molar-refractivity contribution < 1.29 is 21.6 Å². The molecular formula is C28H26F3N5O2S2. The van der Waals surface area contributed by atoms with E-state index in [2.05, 4.69) is 15.0 Å². The van der Waals surface area contributed by atoms with Gasteiger partial charge in [-0.1, -0.05) is 18.2 Å². The lowest BCUT2D eigenvalue weighted by Gasteiger charge is -2.28. The van der Waals surface area contributed by atoms with Crippen molar-refractivity contribution in [3.8, 4) is 5.69 Å². The van der Waals surface area contributed by atoms with Crippen LogP contribution in [0.1, 0.15) is 40.3 Å². The van der Waals surface area contributed by atoms with Gasteiger partial charge in [-0.25, -0.2) is 8.42 Å². The summed E-state index contributed by atoms with van der Waals surface area (Å²) >= 11 is 5.76. The number of sulfonamides is 1. The van der Waals surface area contributed by atoms with Crippen LogP contribution >= 0.6 is 12.2 Å². The average molecular weight is 586 g/mol. The molecule has 0 bridgehead atoms. The first-order chi connectivity index (χ1) is 18.8. The molecular weight excluding hydrogens is 559 g/mol. The normalized spacial score (nSPS) is 17.6. The number of pyridine rings is 1. The fourth-order valence-corrected chi connectivity index (χ4v) is 6.13. The van der Waals surface area contributed by atoms with Gasteiger partial charge in [0.2, 0.25) is 10.0 Å². The van der Waals surface area contributed by atoms with Gasteiger partial charge in [0.05, 0.1) is 35.3 Å². The monoisotopic (exact) mass is 585 g/mol. The fraction of sp³-hybridized carbons (Fsp3) is 0.214. The van der Waals surface area contributed by atoms with Crippen molar-refractivity contribution in [2.45, 2.75) is 32.1 Å². The smallest absolute Gasteiger partial charge is 0.351 e. The Morgan fingerprint density at radius 2 is 1.68 bits per heavy atom. The Bertz CT molecular complexity index is 1670. The summed E-state index contributed by atoms with van der Waals surface area (Å²) in [4.78, 5) is 6.43. The number of halogens is 3. The zero-order chi connectivity index (χ0) is 28.8. The molecule has 4 aromatic rings. The topological polar surface area (TPSA) is 79.3 Å². The molecule has 0 radical (unpaired) electrons. The minimum atomic E-state index is -4.53. The zero-order valence-corrected chi connectivity index (χ0v) is 23.4. The quantitative estimate of drug-likeness (QED) is 0.268. The SMILES string of the molecule is Cc1cc([C@H]2[C@@H](c3ccccn3)NC(=S)N2c2ccc(NS(C)(=O)=O)cc2)c(C)n1-c1ccccc1C(F)(F)F. The highest BCUT2D eigenvalue weighted by atomic mass is 32.2. The van der Waals surface area contributed by atoms with Crippen LogP contribution in [0.2, 0.25) is 0 Å². The van der Waals surface area contributed by atoms with Gasteiger partial charge in [0.15, 0.2) is 5.11 Å². The van der Waals surface area contributed by atoms with E-state index in [-0.39, 0.29) is 5.69 Å². The van der Waals surface area contributed by atoms with Gasteiger partial charge >= 0.3 is 6.18 Å². The summed E-state index contributed by atoms with van der Waals surface area (Å²) in [5.41, 5.74) is 3.15. The lowest BCUT2D eigenvalue weighted by atomic mass is 9.96. The van der Waals surface area contributed by atoms with E-state index in [0.717, 1.165) is 17.9 Å². The van der Waals surface area contributed by atoms with Crippen LogP contribution in [0, 0.1) is 13.8 Å². The molecule has 0 amide bonds. The van der Waals surface area contributed by atoms with Crippen molar-refractivity contribution in [2.24, 2.45) is 0 Å². The molecule has 2 N–H and O–H groups in total. The van der Waals surface area contributed by atoms with Gasteiger partial charge in [0.25, 0.3) is 0 Å². The number of para-hydroxylation sites is 1. The molecule has 0 aliphatic carbocycles. The van der Waals surface area contributed by atoms with Crippen LogP contribution < -0.4 is 14.9 Å². The molecule has 1 saturated heterocycles. The summed E-state index contributed by atoms with van der Waals surface area (Å²) in [6.07, 6.45) is -1.78. The van der Waals surface area contributed by atoms with E-state index in [9.17, 15) is 21.6 Å². The first-order valence-electron chi connectivity index (χ1n) is 12.3. The van der Waals surface area contributed by atoms with Crippen LogP contribution in [-0.2, 0) is 16.2 Å². The largest absolute Gasteiger partial charge is 0.418 e. The van der Waals surface area contributed by atoms with E-state index in [0.29, 0.717) is 33.6 Å². The molecule has 12 heteroatoms. The average Bonchev–Trinajstić information content (AvgIpc) is 3.38. The van der Waals surface area contributed by atoms with Crippen LogP contribution in [0.5, 0.6) is 0 Å². The Morgan fingerprint density at radius 1 is 1.00 bits per heavy atom. The molecule has 208 valence electrons. The molecule has 2 aromatic carbocycles. The number of thiocarbonyl (C=S) groups is 1. The number of rotatable bonds is 6. The Hall–Kier alpha value is -3.90. The maximum absolute atomic E-state index is 14.0. The van der Waals surface area contributed by atoms with E-state index in [1.807, 2.05) is 23.1 Å². The summed E-state index contributed by atoms with van der Waals surface area (Å²) < 4.78 is 69.3. The summed E-state index contributed by atoms with van der Waals surface area (Å²) in [7, 11) is -3.46. The first kappa shape index (κ1) is 27.7. The summed E-state index contributed by atoms with van der Waals surface area (Å²) in [5, 5.41) is 3.75. The van der Waals surface area contributed by atoms with Gasteiger partial charge in [0.1, 0.15) is 0 Å². The number of aryl methyl sites for hydroxylation is 1. The van der Waals surface area contributed by atoms with Gasteiger partial charge in [0, 0.05) is 29.0 Å². The van der Waals surface area contributed by atoms with Crippen LogP contribution in [-0.4, -0.2) is 29.3 Å². The van der Waals surface area contributed by atoms with Crippen LogP contribution in [0.15, 0.2) is 79.0 Å². The predicted octanol–water partition coefficient (Wildman–Crippen LogP) is 6.06. The fourth-order valence-electron chi connectivity index (χ4n) is 5.22. The highest BCUT2D eigenvalue weighted by molar-refractivity contribution is 7.92. The number of nitrogens with one attached hydrogen (secondary N) is 2. The number of hydrogen-bond donors (Lipinski definition) is 2. The van der Waals surface area contributed by atoms with Crippen LogP contribution in [0.3, 0.4) is 0 Å². The molecule has 40 heavy (non-hydrogen) atoms. The Labute approximate surface area is 235 Å². The third kappa shape index (κ3) is 5.28. The molecule has 2 aromatic heterocycles. The van der Waals surface area contributed by atoms with E-state index in [1.54, 1.807) is 61.0 Å². The minimum Gasteiger partial charge on any atom is -0.351 e. The highest BCUT2D eigenvalue weighted by Gasteiger charge is 2.43. The molecule has 0 unspecified atom stereocenters. The van der Waals surface area contributed by atoms with E-state index in [4.69, 9.17) is 12.2 Å². The summed E-state index contributed by atoms with van der Waals surface area (Å²) in [6, 6.07) is 18.8. The van der Waals surface area contributed by atoms with Gasteiger partial charge in [-0.3, -0.25) is 9.71 Å². The lowest BCUT2D eigenvalue weighted by molar-refractivity contribution is -0.137. The molecule has 3 heterocycles. The molecule has 0 spiro atoms. The van der Waals surface area contributed by atoms with Crippen LogP contribution in [0.4, 0.5) is 24.5 Å². The Kier molecular flexibility index (Phi) is 7.09.